The second kappa shape index (κ2) is 6.95. The molecule has 3 heteroatoms. The molecular weight excluding hydrogens is 285 g/mol. The number of halogens is 2. The molecule has 1 N–H and O–H groups in total. The van der Waals surface area contributed by atoms with Crippen LogP contribution >= 0.6 is 11.6 Å². The van der Waals surface area contributed by atoms with Crippen molar-refractivity contribution in [1.29, 1.82) is 0 Å². The van der Waals surface area contributed by atoms with Crippen LogP contribution in [0.15, 0.2) is 42.5 Å². The molecule has 0 aliphatic carbocycles. The maximum absolute atomic E-state index is 13.3. The van der Waals surface area contributed by atoms with E-state index in [1.807, 2.05) is 0 Å². The van der Waals surface area contributed by atoms with Gasteiger partial charge in [-0.2, -0.15) is 0 Å². The second-order valence-electron chi connectivity index (χ2n) is 5.86. The molecule has 2 rings (SSSR count). The third-order valence-electron chi connectivity index (χ3n) is 3.37. The molecule has 0 aliphatic heterocycles. The van der Waals surface area contributed by atoms with Crippen molar-refractivity contribution in [3.05, 3.63) is 64.4 Å². The van der Waals surface area contributed by atoms with Crippen molar-refractivity contribution < 1.29 is 4.39 Å². The molecule has 0 spiro atoms. The highest BCUT2D eigenvalue weighted by Crippen LogP contribution is 2.23. The van der Waals surface area contributed by atoms with Crippen molar-refractivity contribution in [1.82, 2.24) is 0 Å². The minimum atomic E-state index is -0.329. The fraction of sp³-hybridized carbons (Fsp3) is 0.333. The van der Waals surface area contributed by atoms with Gasteiger partial charge in [-0.3, -0.25) is 0 Å². The molecule has 0 saturated heterocycles. The summed E-state index contributed by atoms with van der Waals surface area (Å²) in [5.41, 5.74) is 3.20. The Labute approximate surface area is 131 Å². The van der Waals surface area contributed by atoms with E-state index in [0.29, 0.717) is 16.6 Å². The lowest BCUT2D eigenvalue weighted by Gasteiger charge is -2.17. The summed E-state index contributed by atoms with van der Waals surface area (Å²) in [4.78, 5) is 0. The van der Waals surface area contributed by atoms with E-state index in [4.69, 9.17) is 11.6 Å². The van der Waals surface area contributed by atoms with Gasteiger partial charge in [-0.1, -0.05) is 49.7 Å². The number of hydrogen-bond acceptors (Lipinski definition) is 1. The summed E-state index contributed by atoms with van der Waals surface area (Å²) in [5, 5.41) is 3.68. The summed E-state index contributed by atoms with van der Waals surface area (Å²) in [6, 6.07) is 13.1. The Morgan fingerprint density at radius 3 is 2.29 bits per heavy atom. The van der Waals surface area contributed by atoms with Gasteiger partial charge in [0, 0.05) is 16.8 Å². The van der Waals surface area contributed by atoms with Crippen molar-refractivity contribution in [2.24, 2.45) is 5.92 Å². The maximum Gasteiger partial charge on any atom is 0.126 e. The standard InChI is InChI=1S/C18H21ClFN/c1-12(2)8-14-4-6-15(7-5-14)13(3)21-18-10-16(19)9-17(20)11-18/h4-7,9-13,21H,8H2,1-3H3. The minimum Gasteiger partial charge on any atom is -0.378 e. The van der Waals surface area contributed by atoms with Crippen LogP contribution in [0.2, 0.25) is 5.02 Å². The van der Waals surface area contributed by atoms with Crippen molar-refractivity contribution in [2.45, 2.75) is 33.2 Å². The Bertz CT molecular complexity index is 572. The van der Waals surface area contributed by atoms with Gasteiger partial charge in [0.1, 0.15) is 5.82 Å². The molecule has 2 aromatic carbocycles. The Morgan fingerprint density at radius 2 is 1.71 bits per heavy atom. The normalized spacial score (nSPS) is 12.5. The van der Waals surface area contributed by atoms with E-state index in [9.17, 15) is 4.39 Å². The van der Waals surface area contributed by atoms with Gasteiger partial charge in [-0.25, -0.2) is 4.39 Å². The van der Waals surface area contributed by atoms with Crippen molar-refractivity contribution in [3.63, 3.8) is 0 Å². The molecule has 0 bridgehead atoms. The lowest BCUT2D eigenvalue weighted by Crippen LogP contribution is -2.07. The maximum atomic E-state index is 13.3. The summed E-state index contributed by atoms with van der Waals surface area (Å²) in [6.45, 7) is 6.48. The fourth-order valence-electron chi connectivity index (χ4n) is 2.38. The van der Waals surface area contributed by atoms with E-state index in [-0.39, 0.29) is 11.9 Å². The predicted octanol–water partition coefficient (Wildman–Crippen LogP) is 5.85. The summed E-state index contributed by atoms with van der Waals surface area (Å²) in [5.74, 6) is 0.324. The van der Waals surface area contributed by atoms with E-state index in [0.717, 1.165) is 6.42 Å². The first-order valence-electron chi connectivity index (χ1n) is 7.25. The Balaban J connectivity index is 2.07. The molecule has 2 aromatic rings. The van der Waals surface area contributed by atoms with Crippen molar-refractivity contribution in [3.8, 4) is 0 Å². The molecule has 1 atom stereocenters. The second-order valence-corrected chi connectivity index (χ2v) is 6.30. The molecule has 112 valence electrons. The van der Waals surface area contributed by atoms with Gasteiger partial charge in [-0.15, -0.1) is 0 Å². The van der Waals surface area contributed by atoms with Crippen LogP contribution in [-0.2, 0) is 6.42 Å². The largest absolute Gasteiger partial charge is 0.378 e. The average molecular weight is 306 g/mol. The molecule has 0 saturated carbocycles. The van der Waals surface area contributed by atoms with Crippen LogP contribution in [0.4, 0.5) is 10.1 Å². The molecule has 1 unspecified atom stereocenters. The van der Waals surface area contributed by atoms with Crippen LogP contribution < -0.4 is 5.32 Å². The quantitative estimate of drug-likeness (QED) is 0.730. The van der Waals surface area contributed by atoms with Crippen LogP contribution in [-0.4, -0.2) is 0 Å². The molecule has 0 amide bonds. The highest BCUT2D eigenvalue weighted by Gasteiger charge is 2.07. The SMILES string of the molecule is CC(C)Cc1ccc(C(C)Nc2cc(F)cc(Cl)c2)cc1. The average Bonchev–Trinajstić information content (AvgIpc) is 2.37. The van der Waals surface area contributed by atoms with Gasteiger partial charge in [-0.05, 0) is 48.6 Å². The lowest BCUT2D eigenvalue weighted by molar-refractivity contribution is 0.628. The fourth-order valence-corrected chi connectivity index (χ4v) is 2.61. The number of benzene rings is 2. The van der Waals surface area contributed by atoms with E-state index in [1.165, 1.54) is 23.3 Å². The third kappa shape index (κ3) is 4.75. The molecule has 0 radical (unpaired) electrons. The molecular formula is C18H21ClFN. The minimum absolute atomic E-state index is 0.0935. The third-order valence-corrected chi connectivity index (χ3v) is 3.59. The number of nitrogens with one attached hydrogen (secondary N) is 1. The molecule has 0 aromatic heterocycles. The number of hydrogen-bond donors (Lipinski definition) is 1. The Hall–Kier alpha value is -1.54. The Morgan fingerprint density at radius 1 is 1.05 bits per heavy atom. The topological polar surface area (TPSA) is 12.0 Å². The highest BCUT2D eigenvalue weighted by atomic mass is 35.5. The van der Waals surface area contributed by atoms with Crippen molar-refractivity contribution in [2.75, 3.05) is 5.32 Å². The Kier molecular flexibility index (Phi) is 5.24. The van der Waals surface area contributed by atoms with E-state index < -0.39 is 0 Å². The summed E-state index contributed by atoms with van der Waals surface area (Å²) in [7, 11) is 0. The predicted molar refractivity (Wildman–Crippen MR) is 88.4 cm³/mol. The van der Waals surface area contributed by atoms with Crippen molar-refractivity contribution >= 4 is 17.3 Å². The van der Waals surface area contributed by atoms with Gasteiger partial charge in [0.25, 0.3) is 0 Å². The van der Waals surface area contributed by atoms with E-state index >= 15 is 0 Å². The van der Waals surface area contributed by atoms with E-state index in [1.54, 1.807) is 6.07 Å². The van der Waals surface area contributed by atoms with Crippen LogP contribution in [0.5, 0.6) is 0 Å². The van der Waals surface area contributed by atoms with Gasteiger partial charge in [0.15, 0.2) is 0 Å². The number of rotatable bonds is 5. The monoisotopic (exact) mass is 305 g/mol. The zero-order valence-electron chi connectivity index (χ0n) is 12.7. The first-order valence-corrected chi connectivity index (χ1v) is 7.63. The number of anilines is 1. The smallest absolute Gasteiger partial charge is 0.126 e. The molecule has 0 heterocycles. The van der Waals surface area contributed by atoms with Gasteiger partial charge in [0.2, 0.25) is 0 Å². The van der Waals surface area contributed by atoms with Crippen LogP contribution in [0, 0.1) is 11.7 Å². The van der Waals surface area contributed by atoms with Crippen LogP contribution in [0.25, 0.3) is 0 Å². The first kappa shape index (κ1) is 15.8. The molecule has 1 nitrogen and oxygen atoms in total. The summed E-state index contributed by atoms with van der Waals surface area (Å²) >= 11 is 5.87. The van der Waals surface area contributed by atoms with Gasteiger partial charge >= 0.3 is 0 Å². The van der Waals surface area contributed by atoms with Crippen LogP contribution in [0.1, 0.15) is 37.9 Å². The summed E-state index contributed by atoms with van der Waals surface area (Å²) < 4.78 is 13.3. The highest BCUT2D eigenvalue weighted by molar-refractivity contribution is 6.30. The van der Waals surface area contributed by atoms with Crippen LogP contribution in [0.3, 0.4) is 0 Å². The van der Waals surface area contributed by atoms with Gasteiger partial charge < -0.3 is 5.32 Å². The van der Waals surface area contributed by atoms with Gasteiger partial charge in [0.05, 0.1) is 0 Å². The zero-order valence-corrected chi connectivity index (χ0v) is 13.4. The lowest BCUT2D eigenvalue weighted by atomic mass is 10.00. The zero-order chi connectivity index (χ0) is 15.4. The molecule has 0 fully saturated rings. The molecule has 21 heavy (non-hydrogen) atoms. The first-order chi connectivity index (χ1) is 9.94. The summed E-state index contributed by atoms with van der Waals surface area (Å²) in [6.07, 6.45) is 1.08. The van der Waals surface area contributed by atoms with E-state index in [2.05, 4.69) is 50.4 Å². The molecule has 0 aliphatic rings.